The Morgan fingerprint density at radius 1 is 1.25 bits per heavy atom. The van der Waals surface area contributed by atoms with Crippen molar-refractivity contribution in [1.29, 1.82) is 0 Å². The highest BCUT2D eigenvalue weighted by Gasteiger charge is 2.20. The van der Waals surface area contributed by atoms with Crippen molar-refractivity contribution < 1.29 is 9.26 Å². The molecule has 1 fully saturated rings. The first kappa shape index (κ1) is 9.42. The molecule has 1 aromatic heterocycles. The van der Waals surface area contributed by atoms with Gasteiger partial charge in [-0.25, -0.2) is 0 Å². The zero-order chi connectivity index (χ0) is 11.0. The SMILES string of the molecule is Nc1cc(-c2cccc(C3COC3)c2)no1. The van der Waals surface area contributed by atoms with Gasteiger partial charge in [-0.2, -0.15) is 0 Å². The minimum absolute atomic E-state index is 0.340. The Balaban J connectivity index is 1.95. The summed E-state index contributed by atoms with van der Waals surface area (Å²) in [5, 5.41) is 3.90. The molecule has 2 heterocycles. The first-order chi connectivity index (χ1) is 7.83. The van der Waals surface area contributed by atoms with E-state index >= 15 is 0 Å². The number of nitrogen functional groups attached to an aromatic ring is 1. The van der Waals surface area contributed by atoms with Crippen LogP contribution in [0.1, 0.15) is 11.5 Å². The lowest BCUT2D eigenvalue weighted by atomic mass is 9.95. The molecule has 0 amide bonds. The third-order valence-corrected chi connectivity index (χ3v) is 2.82. The lowest BCUT2D eigenvalue weighted by Gasteiger charge is -2.26. The summed E-state index contributed by atoms with van der Waals surface area (Å²) < 4.78 is 10.0. The van der Waals surface area contributed by atoms with Gasteiger partial charge in [-0.15, -0.1) is 0 Å². The zero-order valence-electron chi connectivity index (χ0n) is 8.72. The van der Waals surface area contributed by atoms with Crippen molar-refractivity contribution in [1.82, 2.24) is 5.16 Å². The fourth-order valence-electron chi connectivity index (χ4n) is 1.81. The average molecular weight is 216 g/mol. The first-order valence-electron chi connectivity index (χ1n) is 5.23. The molecular formula is C12H12N2O2. The van der Waals surface area contributed by atoms with Gasteiger partial charge < -0.3 is 15.0 Å². The van der Waals surface area contributed by atoms with E-state index in [4.69, 9.17) is 15.0 Å². The summed E-state index contributed by atoms with van der Waals surface area (Å²) >= 11 is 0. The molecule has 0 atom stereocenters. The van der Waals surface area contributed by atoms with Gasteiger partial charge in [-0.3, -0.25) is 0 Å². The summed E-state index contributed by atoms with van der Waals surface area (Å²) in [6.45, 7) is 1.62. The minimum atomic E-state index is 0.340. The molecule has 16 heavy (non-hydrogen) atoms. The highest BCUT2D eigenvalue weighted by atomic mass is 16.5. The molecule has 4 nitrogen and oxygen atoms in total. The van der Waals surface area contributed by atoms with Gasteiger partial charge in [0.1, 0.15) is 5.69 Å². The van der Waals surface area contributed by atoms with Gasteiger partial charge in [0.05, 0.1) is 13.2 Å². The summed E-state index contributed by atoms with van der Waals surface area (Å²) in [6, 6.07) is 9.98. The number of nitrogens with two attached hydrogens (primary N) is 1. The zero-order valence-corrected chi connectivity index (χ0v) is 8.72. The van der Waals surface area contributed by atoms with Crippen LogP contribution in [0.5, 0.6) is 0 Å². The van der Waals surface area contributed by atoms with Crippen LogP contribution in [0.15, 0.2) is 34.9 Å². The molecule has 3 rings (SSSR count). The largest absolute Gasteiger partial charge is 0.380 e. The van der Waals surface area contributed by atoms with E-state index in [0.29, 0.717) is 11.8 Å². The van der Waals surface area contributed by atoms with Crippen LogP contribution < -0.4 is 5.73 Å². The van der Waals surface area contributed by atoms with Gasteiger partial charge in [0.15, 0.2) is 0 Å². The van der Waals surface area contributed by atoms with E-state index in [1.54, 1.807) is 6.07 Å². The van der Waals surface area contributed by atoms with Crippen molar-refractivity contribution in [3.8, 4) is 11.3 Å². The maximum Gasteiger partial charge on any atom is 0.222 e. The molecule has 2 N–H and O–H groups in total. The van der Waals surface area contributed by atoms with Crippen molar-refractivity contribution in [2.45, 2.75) is 5.92 Å². The van der Waals surface area contributed by atoms with Crippen LogP contribution in [0.25, 0.3) is 11.3 Å². The Morgan fingerprint density at radius 2 is 2.12 bits per heavy atom. The Kier molecular flexibility index (Phi) is 2.15. The Morgan fingerprint density at radius 3 is 2.75 bits per heavy atom. The maximum absolute atomic E-state index is 5.50. The fourth-order valence-corrected chi connectivity index (χ4v) is 1.81. The molecule has 1 aliphatic rings. The molecular weight excluding hydrogens is 204 g/mol. The molecule has 4 heteroatoms. The standard InChI is InChI=1S/C12H12N2O2/c13-12-5-11(14-16-12)9-3-1-2-8(4-9)10-6-15-7-10/h1-5,10H,6-7,13H2. The molecule has 0 aliphatic carbocycles. The van der Waals surface area contributed by atoms with Crippen LogP contribution in [-0.4, -0.2) is 18.4 Å². The minimum Gasteiger partial charge on any atom is -0.380 e. The van der Waals surface area contributed by atoms with E-state index in [9.17, 15) is 0 Å². The third-order valence-electron chi connectivity index (χ3n) is 2.82. The second-order valence-electron chi connectivity index (χ2n) is 3.97. The summed E-state index contributed by atoms with van der Waals surface area (Å²) in [4.78, 5) is 0. The van der Waals surface area contributed by atoms with E-state index in [-0.39, 0.29) is 0 Å². The molecule has 0 radical (unpaired) electrons. The quantitative estimate of drug-likeness (QED) is 0.834. The predicted molar refractivity (Wildman–Crippen MR) is 59.9 cm³/mol. The highest BCUT2D eigenvalue weighted by Crippen LogP contribution is 2.28. The Hall–Kier alpha value is -1.81. The second kappa shape index (κ2) is 3.64. The lowest BCUT2D eigenvalue weighted by molar-refractivity contribution is 0.00844. The van der Waals surface area contributed by atoms with E-state index in [1.807, 2.05) is 12.1 Å². The predicted octanol–water partition coefficient (Wildman–Crippen LogP) is 2.04. The molecule has 1 aliphatic heterocycles. The van der Waals surface area contributed by atoms with Crippen LogP contribution in [0.2, 0.25) is 0 Å². The lowest BCUT2D eigenvalue weighted by Crippen LogP contribution is -2.24. The van der Waals surface area contributed by atoms with E-state index in [2.05, 4.69) is 17.3 Å². The van der Waals surface area contributed by atoms with Crippen LogP contribution in [0.3, 0.4) is 0 Å². The average Bonchev–Trinajstić information content (AvgIpc) is 2.63. The first-order valence-corrected chi connectivity index (χ1v) is 5.23. The summed E-state index contributed by atoms with van der Waals surface area (Å²) in [5.41, 5.74) is 8.59. The Labute approximate surface area is 93.0 Å². The van der Waals surface area contributed by atoms with Crippen LogP contribution in [0, 0.1) is 0 Å². The molecule has 0 bridgehead atoms. The number of anilines is 1. The maximum atomic E-state index is 5.50. The van der Waals surface area contributed by atoms with Gasteiger partial charge >= 0.3 is 0 Å². The van der Waals surface area contributed by atoms with Crippen molar-refractivity contribution in [3.63, 3.8) is 0 Å². The summed E-state index contributed by atoms with van der Waals surface area (Å²) in [5.74, 6) is 0.858. The normalized spacial score (nSPS) is 16.0. The number of hydrogen-bond acceptors (Lipinski definition) is 4. The number of aromatic nitrogens is 1. The van der Waals surface area contributed by atoms with Gasteiger partial charge in [0.2, 0.25) is 5.88 Å². The number of benzene rings is 1. The van der Waals surface area contributed by atoms with Crippen molar-refractivity contribution >= 4 is 5.88 Å². The number of rotatable bonds is 2. The van der Waals surface area contributed by atoms with Crippen LogP contribution in [-0.2, 0) is 4.74 Å². The van der Waals surface area contributed by atoms with Crippen LogP contribution in [0.4, 0.5) is 5.88 Å². The molecule has 82 valence electrons. The van der Waals surface area contributed by atoms with E-state index < -0.39 is 0 Å². The van der Waals surface area contributed by atoms with E-state index in [0.717, 1.165) is 24.5 Å². The second-order valence-corrected chi connectivity index (χ2v) is 3.97. The molecule has 0 saturated carbocycles. The van der Waals surface area contributed by atoms with Gasteiger partial charge in [0.25, 0.3) is 0 Å². The molecule has 1 aromatic carbocycles. The molecule has 1 saturated heterocycles. The smallest absolute Gasteiger partial charge is 0.222 e. The molecule has 0 spiro atoms. The van der Waals surface area contributed by atoms with Crippen LogP contribution >= 0.6 is 0 Å². The third kappa shape index (κ3) is 1.57. The summed E-state index contributed by atoms with van der Waals surface area (Å²) in [6.07, 6.45) is 0. The van der Waals surface area contributed by atoms with E-state index in [1.165, 1.54) is 5.56 Å². The summed E-state index contributed by atoms with van der Waals surface area (Å²) in [7, 11) is 0. The van der Waals surface area contributed by atoms with Crippen molar-refractivity contribution in [2.75, 3.05) is 18.9 Å². The highest BCUT2D eigenvalue weighted by molar-refractivity contribution is 5.62. The molecule has 0 unspecified atom stereocenters. The van der Waals surface area contributed by atoms with Crippen molar-refractivity contribution in [3.05, 3.63) is 35.9 Å². The number of nitrogens with zero attached hydrogens (tertiary/aromatic N) is 1. The Bertz CT molecular complexity index is 503. The van der Waals surface area contributed by atoms with Crippen molar-refractivity contribution in [2.24, 2.45) is 0 Å². The number of hydrogen-bond donors (Lipinski definition) is 1. The number of ether oxygens (including phenoxy) is 1. The molecule has 2 aromatic rings. The van der Waals surface area contributed by atoms with Gasteiger partial charge in [-0.05, 0) is 11.6 Å². The monoisotopic (exact) mass is 216 g/mol. The van der Waals surface area contributed by atoms with Gasteiger partial charge in [0, 0.05) is 17.5 Å². The topological polar surface area (TPSA) is 61.3 Å². The van der Waals surface area contributed by atoms with Gasteiger partial charge in [-0.1, -0.05) is 23.4 Å². The fraction of sp³-hybridized carbons (Fsp3) is 0.250.